The number of likely N-dealkylation sites (N-methyl/N-ethyl adjacent to an activating group) is 1. The molecule has 0 fully saturated rings. The Balaban J connectivity index is 3.64. The van der Waals surface area contributed by atoms with Gasteiger partial charge in [-0.3, -0.25) is 4.79 Å². The highest BCUT2D eigenvalue weighted by atomic mass is 16.4. The lowest BCUT2D eigenvalue weighted by molar-refractivity contribution is -0.130. The molecule has 0 saturated heterocycles. The summed E-state index contributed by atoms with van der Waals surface area (Å²) in [6.45, 7) is 2.47. The molecule has 0 spiro atoms. The number of nitrogens with zero attached hydrogens (tertiary/aromatic N) is 2. The first-order valence-corrected chi connectivity index (χ1v) is 4.90. The van der Waals surface area contributed by atoms with E-state index in [4.69, 9.17) is 10.9 Å². The van der Waals surface area contributed by atoms with E-state index in [9.17, 15) is 4.79 Å². The molecule has 1 unspecified atom stereocenters. The first-order valence-electron chi connectivity index (χ1n) is 4.90. The SMILES string of the molecule is CC(NCCCC(N)=NO)C(=O)N(C)C. The maximum Gasteiger partial charge on any atom is 0.238 e. The molecule has 0 heterocycles. The quantitative estimate of drug-likeness (QED) is 0.185. The van der Waals surface area contributed by atoms with Gasteiger partial charge in [0.15, 0.2) is 0 Å². The van der Waals surface area contributed by atoms with Gasteiger partial charge >= 0.3 is 0 Å². The van der Waals surface area contributed by atoms with Crippen LogP contribution in [0, 0.1) is 0 Å². The van der Waals surface area contributed by atoms with Crippen molar-refractivity contribution in [1.29, 1.82) is 0 Å². The van der Waals surface area contributed by atoms with E-state index in [1.165, 1.54) is 0 Å². The van der Waals surface area contributed by atoms with Gasteiger partial charge in [-0.1, -0.05) is 5.16 Å². The second-order valence-electron chi connectivity index (χ2n) is 3.60. The highest BCUT2D eigenvalue weighted by Crippen LogP contribution is 1.91. The highest BCUT2D eigenvalue weighted by molar-refractivity contribution is 5.81. The molecule has 1 atom stereocenters. The molecule has 4 N–H and O–H groups in total. The van der Waals surface area contributed by atoms with Crippen LogP contribution in [0.1, 0.15) is 19.8 Å². The summed E-state index contributed by atoms with van der Waals surface area (Å²) in [5.74, 6) is 0.252. The zero-order valence-corrected chi connectivity index (χ0v) is 9.53. The van der Waals surface area contributed by atoms with Gasteiger partial charge in [0.2, 0.25) is 5.91 Å². The zero-order valence-electron chi connectivity index (χ0n) is 9.53. The molecule has 0 bridgehead atoms. The first kappa shape index (κ1) is 13.7. The molecule has 6 nitrogen and oxygen atoms in total. The second-order valence-corrected chi connectivity index (χ2v) is 3.60. The van der Waals surface area contributed by atoms with Crippen LogP contribution in [0.3, 0.4) is 0 Å². The number of nitrogens with two attached hydrogens (primary N) is 1. The predicted octanol–water partition coefficient (Wildman–Crippen LogP) is -0.421. The van der Waals surface area contributed by atoms with E-state index in [-0.39, 0.29) is 17.8 Å². The van der Waals surface area contributed by atoms with E-state index in [1.54, 1.807) is 19.0 Å². The van der Waals surface area contributed by atoms with E-state index in [2.05, 4.69) is 10.5 Å². The third-order valence-corrected chi connectivity index (χ3v) is 2.00. The molecule has 0 saturated carbocycles. The molecule has 0 aromatic carbocycles. The molecule has 0 rings (SSSR count). The van der Waals surface area contributed by atoms with Crippen molar-refractivity contribution >= 4 is 11.7 Å². The molecule has 0 aliphatic rings. The van der Waals surface area contributed by atoms with Gasteiger partial charge in [-0.2, -0.15) is 0 Å². The summed E-state index contributed by atoms with van der Waals surface area (Å²) in [5, 5.41) is 14.2. The van der Waals surface area contributed by atoms with Crippen molar-refractivity contribution in [3.8, 4) is 0 Å². The van der Waals surface area contributed by atoms with E-state index in [1.807, 2.05) is 6.92 Å². The molecule has 6 heteroatoms. The summed E-state index contributed by atoms with van der Waals surface area (Å²) >= 11 is 0. The van der Waals surface area contributed by atoms with Gasteiger partial charge in [-0.25, -0.2) is 0 Å². The minimum atomic E-state index is -0.202. The summed E-state index contributed by atoms with van der Waals surface area (Å²) in [7, 11) is 3.44. The van der Waals surface area contributed by atoms with Gasteiger partial charge in [0, 0.05) is 20.5 Å². The standard InChI is InChI=1S/C9H20N4O2/c1-7(9(14)13(2)3)11-6-4-5-8(10)12-15/h7,11,15H,4-6H2,1-3H3,(H2,10,12). The van der Waals surface area contributed by atoms with Crippen molar-refractivity contribution in [2.75, 3.05) is 20.6 Å². The lowest BCUT2D eigenvalue weighted by Gasteiger charge is -2.17. The zero-order chi connectivity index (χ0) is 11.8. The van der Waals surface area contributed by atoms with Crippen molar-refractivity contribution in [3.05, 3.63) is 0 Å². The molecule has 1 amide bonds. The summed E-state index contributed by atoms with van der Waals surface area (Å²) in [6, 6.07) is -0.202. The summed E-state index contributed by atoms with van der Waals surface area (Å²) in [5.41, 5.74) is 5.29. The number of hydrogen-bond acceptors (Lipinski definition) is 4. The maximum atomic E-state index is 11.4. The highest BCUT2D eigenvalue weighted by Gasteiger charge is 2.12. The number of carbonyl (C=O) groups is 1. The molecule has 0 aromatic rings. The van der Waals surface area contributed by atoms with Gasteiger partial charge in [0.05, 0.1) is 6.04 Å². The fraction of sp³-hybridized carbons (Fsp3) is 0.778. The van der Waals surface area contributed by atoms with E-state index >= 15 is 0 Å². The number of amidine groups is 1. The van der Waals surface area contributed by atoms with Crippen LogP contribution in [-0.2, 0) is 4.79 Å². The second kappa shape index (κ2) is 7.05. The monoisotopic (exact) mass is 216 g/mol. The molecule has 15 heavy (non-hydrogen) atoms. The van der Waals surface area contributed by atoms with Crippen molar-refractivity contribution in [2.24, 2.45) is 10.9 Å². The van der Waals surface area contributed by atoms with Crippen molar-refractivity contribution in [1.82, 2.24) is 10.2 Å². The van der Waals surface area contributed by atoms with Gasteiger partial charge in [0.1, 0.15) is 5.84 Å². The smallest absolute Gasteiger partial charge is 0.238 e. The third-order valence-electron chi connectivity index (χ3n) is 2.00. The number of carbonyl (C=O) groups excluding carboxylic acids is 1. The summed E-state index contributed by atoms with van der Waals surface area (Å²) in [4.78, 5) is 12.9. The van der Waals surface area contributed by atoms with Crippen LogP contribution < -0.4 is 11.1 Å². The Hall–Kier alpha value is -1.30. The third kappa shape index (κ3) is 5.90. The molecule has 0 radical (unpaired) electrons. The molecule has 0 aliphatic heterocycles. The largest absolute Gasteiger partial charge is 0.409 e. The van der Waals surface area contributed by atoms with E-state index < -0.39 is 0 Å². The van der Waals surface area contributed by atoms with E-state index in [0.717, 1.165) is 6.42 Å². The van der Waals surface area contributed by atoms with Crippen LogP contribution >= 0.6 is 0 Å². The van der Waals surface area contributed by atoms with Gasteiger partial charge in [-0.05, 0) is 19.9 Å². The van der Waals surface area contributed by atoms with Gasteiger partial charge < -0.3 is 21.2 Å². The number of oxime groups is 1. The molecular formula is C9H20N4O2. The Morgan fingerprint density at radius 3 is 2.67 bits per heavy atom. The number of amides is 1. The lowest BCUT2D eigenvalue weighted by atomic mass is 10.2. The van der Waals surface area contributed by atoms with Crippen molar-refractivity contribution in [2.45, 2.75) is 25.8 Å². The summed E-state index contributed by atoms with van der Waals surface area (Å²) in [6.07, 6.45) is 1.26. The van der Waals surface area contributed by atoms with Gasteiger partial charge in [-0.15, -0.1) is 0 Å². The van der Waals surface area contributed by atoms with Crippen LogP contribution in [0.2, 0.25) is 0 Å². The van der Waals surface area contributed by atoms with Crippen LogP contribution in [0.4, 0.5) is 0 Å². The molecule has 88 valence electrons. The summed E-state index contributed by atoms with van der Waals surface area (Å²) < 4.78 is 0. The van der Waals surface area contributed by atoms with Crippen LogP contribution in [0.15, 0.2) is 5.16 Å². The number of nitrogens with one attached hydrogen (secondary N) is 1. The average Bonchev–Trinajstić information content (AvgIpc) is 2.22. The molecule has 0 aliphatic carbocycles. The normalized spacial score (nSPS) is 13.7. The van der Waals surface area contributed by atoms with Crippen LogP contribution in [-0.4, -0.2) is 48.5 Å². The average molecular weight is 216 g/mol. The minimum Gasteiger partial charge on any atom is -0.409 e. The topological polar surface area (TPSA) is 91.0 Å². The first-order chi connectivity index (χ1) is 6.99. The predicted molar refractivity (Wildman–Crippen MR) is 58.8 cm³/mol. The molecule has 0 aromatic heterocycles. The lowest BCUT2D eigenvalue weighted by Crippen LogP contribution is -2.41. The Morgan fingerprint density at radius 1 is 1.60 bits per heavy atom. The van der Waals surface area contributed by atoms with Crippen molar-refractivity contribution in [3.63, 3.8) is 0 Å². The molecular weight excluding hydrogens is 196 g/mol. The fourth-order valence-corrected chi connectivity index (χ4v) is 1.11. The Bertz CT molecular complexity index is 228. The Labute approximate surface area is 90.1 Å². The van der Waals surface area contributed by atoms with E-state index in [0.29, 0.717) is 13.0 Å². The Morgan fingerprint density at radius 2 is 2.20 bits per heavy atom. The number of rotatable bonds is 6. The number of hydrogen-bond donors (Lipinski definition) is 3. The minimum absolute atomic E-state index is 0.0406. The Kier molecular flexibility index (Phi) is 6.44. The fourth-order valence-electron chi connectivity index (χ4n) is 1.11. The maximum absolute atomic E-state index is 11.4. The van der Waals surface area contributed by atoms with Crippen LogP contribution in [0.5, 0.6) is 0 Å². The van der Waals surface area contributed by atoms with Gasteiger partial charge in [0.25, 0.3) is 0 Å². The van der Waals surface area contributed by atoms with Crippen LogP contribution in [0.25, 0.3) is 0 Å². The van der Waals surface area contributed by atoms with Crippen molar-refractivity contribution < 1.29 is 10.0 Å².